The number of nitro benzene ring substituents is 1. The molecule has 1 aromatic rings. The SMILES string of the molecule is CCOC(=O)C[C@@H](C)[C@@H](NC(=O)c1cccc([N+](=O)[O-])c1)C(=O)O. The molecule has 0 unspecified atom stereocenters. The van der Waals surface area contributed by atoms with E-state index in [4.69, 9.17) is 4.74 Å². The first-order valence-corrected chi connectivity index (χ1v) is 7.20. The van der Waals surface area contributed by atoms with Gasteiger partial charge in [0.2, 0.25) is 0 Å². The Bertz CT molecular complexity index is 644. The van der Waals surface area contributed by atoms with Gasteiger partial charge in [-0.3, -0.25) is 19.7 Å². The van der Waals surface area contributed by atoms with Crippen molar-refractivity contribution in [3.05, 3.63) is 39.9 Å². The number of esters is 1. The average Bonchev–Trinajstić information content (AvgIpc) is 2.52. The summed E-state index contributed by atoms with van der Waals surface area (Å²) in [6, 6.07) is 3.59. The maximum Gasteiger partial charge on any atom is 0.326 e. The molecule has 9 nitrogen and oxygen atoms in total. The zero-order valence-corrected chi connectivity index (χ0v) is 13.2. The van der Waals surface area contributed by atoms with E-state index >= 15 is 0 Å². The highest BCUT2D eigenvalue weighted by Gasteiger charge is 2.29. The van der Waals surface area contributed by atoms with Gasteiger partial charge in [0.25, 0.3) is 11.6 Å². The predicted molar refractivity (Wildman–Crippen MR) is 82.4 cm³/mol. The first-order valence-electron chi connectivity index (χ1n) is 7.20. The summed E-state index contributed by atoms with van der Waals surface area (Å²) in [5, 5.41) is 22.3. The number of rotatable bonds is 8. The highest BCUT2D eigenvalue weighted by molar-refractivity contribution is 5.97. The Balaban J connectivity index is 2.86. The van der Waals surface area contributed by atoms with E-state index in [0.29, 0.717) is 0 Å². The van der Waals surface area contributed by atoms with Crippen LogP contribution in [0, 0.1) is 16.0 Å². The molecule has 0 heterocycles. The summed E-state index contributed by atoms with van der Waals surface area (Å²) in [7, 11) is 0. The topological polar surface area (TPSA) is 136 Å². The average molecular weight is 338 g/mol. The van der Waals surface area contributed by atoms with Crippen molar-refractivity contribution in [1.82, 2.24) is 5.32 Å². The minimum Gasteiger partial charge on any atom is -0.480 e. The number of aliphatic carboxylic acids is 1. The molecule has 130 valence electrons. The van der Waals surface area contributed by atoms with Gasteiger partial charge in [-0.15, -0.1) is 0 Å². The molecule has 24 heavy (non-hydrogen) atoms. The first-order chi connectivity index (χ1) is 11.3. The summed E-state index contributed by atoms with van der Waals surface area (Å²) in [4.78, 5) is 45.0. The molecule has 0 saturated heterocycles. The van der Waals surface area contributed by atoms with Gasteiger partial charge in [-0.25, -0.2) is 4.79 Å². The Hall–Kier alpha value is -2.97. The standard InChI is InChI=1S/C15H18N2O7/c1-3-24-12(18)7-9(2)13(15(20)21)16-14(19)10-5-4-6-11(8-10)17(22)23/h4-6,8-9,13H,3,7H2,1-2H3,(H,16,19)(H,20,21)/t9-,13-/m1/s1. The van der Waals surface area contributed by atoms with Gasteiger partial charge in [-0.1, -0.05) is 13.0 Å². The number of benzene rings is 1. The fourth-order valence-electron chi connectivity index (χ4n) is 2.03. The third kappa shape index (κ3) is 5.34. The zero-order chi connectivity index (χ0) is 18.3. The number of nitrogens with zero attached hydrogens (tertiary/aromatic N) is 1. The van der Waals surface area contributed by atoms with Crippen molar-refractivity contribution < 1.29 is 29.2 Å². The number of carboxylic acids is 1. The number of hydrogen-bond acceptors (Lipinski definition) is 6. The predicted octanol–water partition coefficient (Wildman–Crippen LogP) is 1.37. The normalized spacial score (nSPS) is 12.8. The van der Waals surface area contributed by atoms with Crippen molar-refractivity contribution in [2.45, 2.75) is 26.3 Å². The van der Waals surface area contributed by atoms with Gasteiger partial charge >= 0.3 is 11.9 Å². The van der Waals surface area contributed by atoms with Gasteiger partial charge in [-0.2, -0.15) is 0 Å². The smallest absolute Gasteiger partial charge is 0.326 e. The lowest BCUT2D eigenvalue weighted by Crippen LogP contribution is -2.45. The largest absolute Gasteiger partial charge is 0.480 e. The number of amides is 1. The maximum absolute atomic E-state index is 12.1. The highest BCUT2D eigenvalue weighted by atomic mass is 16.6. The molecule has 2 N–H and O–H groups in total. The van der Waals surface area contributed by atoms with Crippen molar-refractivity contribution in [3.8, 4) is 0 Å². The van der Waals surface area contributed by atoms with E-state index in [9.17, 15) is 29.6 Å². The molecule has 2 atom stereocenters. The molecule has 0 aliphatic heterocycles. The van der Waals surface area contributed by atoms with Crippen LogP contribution >= 0.6 is 0 Å². The number of nitrogens with one attached hydrogen (secondary N) is 1. The Morgan fingerprint density at radius 1 is 1.38 bits per heavy atom. The van der Waals surface area contributed by atoms with Crippen molar-refractivity contribution in [1.29, 1.82) is 0 Å². The molecule has 0 radical (unpaired) electrons. The molecule has 0 aliphatic carbocycles. The molecule has 0 fully saturated rings. The number of non-ortho nitro benzene ring substituents is 1. The van der Waals surface area contributed by atoms with E-state index in [-0.39, 0.29) is 24.3 Å². The minimum absolute atomic E-state index is 0.0428. The van der Waals surface area contributed by atoms with Crippen molar-refractivity contribution in [2.24, 2.45) is 5.92 Å². The summed E-state index contributed by atoms with van der Waals surface area (Å²) in [6.45, 7) is 3.29. The number of hydrogen-bond donors (Lipinski definition) is 2. The summed E-state index contributed by atoms with van der Waals surface area (Å²) >= 11 is 0. The number of carbonyl (C=O) groups is 3. The van der Waals surface area contributed by atoms with Crippen LogP contribution < -0.4 is 5.32 Å². The molecule has 1 rings (SSSR count). The number of ether oxygens (including phenoxy) is 1. The van der Waals surface area contributed by atoms with E-state index in [1.54, 1.807) is 6.92 Å². The molecule has 1 amide bonds. The van der Waals surface area contributed by atoms with E-state index in [0.717, 1.165) is 6.07 Å². The lowest BCUT2D eigenvalue weighted by Gasteiger charge is -2.20. The van der Waals surface area contributed by atoms with Gasteiger partial charge in [0, 0.05) is 17.7 Å². The molecular weight excluding hydrogens is 320 g/mol. The van der Waals surface area contributed by atoms with E-state index in [2.05, 4.69) is 5.32 Å². The van der Waals surface area contributed by atoms with Gasteiger partial charge < -0.3 is 15.2 Å². The minimum atomic E-state index is -1.33. The Kier molecular flexibility index (Phi) is 6.84. The third-order valence-electron chi connectivity index (χ3n) is 3.23. The third-order valence-corrected chi connectivity index (χ3v) is 3.23. The summed E-state index contributed by atoms with van der Waals surface area (Å²) in [5.74, 6) is -3.38. The fraction of sp³-hybridized carbons (Fsp3) is 0.400. The lowest BCUT2D eigenvalue weighted by molar-refractivity contribution is -0.384. The second-order valence-electron chi connectivity index (χ2n) is 5.08. The number of nitro groups is 1. The second-order valence-corrected chi connectivity index (χ2v) is 5.08. The van der Waals surface area contributed by atoms with Crippen LogP contribution in [0.4, 0.5) is 5.69 Å². The van der Waals surface area contributed by atoms with Gasteiger partial charge in [-0.05, 0) is 18.9 Å². The number of carboxylic acid groups (broad SMARTS) is 1. The molecule has 9 heteroatoms. The van der Waals surface area contributed by atoms with Crippen LogP contribution in [0.1, 0.15) is 30.6 Å². The van der Waals surface area contributed by atoms with Crippen LogP contribution in [-0.2, 0) is 14.3 Å². The van der Waals surface area contributed by atoms with Crippen LogP contribution in [0.5, 0.6) is 0 Å². The van der Waals surface area contributed by atoms with Crippen molar-refractivity contribution >= 4 is 23.5 Å². The molecule has 0 bridgehead atoms. The van der Waals surface area contributed by atoms with Crippen molar-refractivity contribution in [2.75, 3.05) is 6.61 Å². The molecular formula is C15H18N2O7. The maximum atomic E-state index is 12.1. The van der Waals surface area contributed by atoms with Gasteiger partial charge in [0.15, 0.2) is 0 Å². The molecule has 0 spiro atoms. The molecule has 0 aliphatic rings. The van der Waals surface area contributed by atoms with Crippen LogP contribution in [0.15, 0.2) is 24.3 Å². The fourth-order valence-corrected chi connectivity index (χ4v) is 2.03. The Labute approximate surface area is 137 Å². The molecule has 0 aromatic heterocycles. The first kappa shape index (κ1) is 19.1. The van der Waals surface area contributed by atoms with Crippen LogP contribution in [-0.4, -0.2) is 40.5 Å². The monoisotopic (exact) mass is 338 g/mol. The van der Waals surface area contributed by atoms with Crippen LogP contribution in [0.2, 0.25) is 0 Å². The summed E-state index contributed by atoms with van der Waals surface area (Å²) in [6.07, 6.45) is -0.181. The summed E-state index contributed by atoms with van der Waals surface area (Å²) < 4.78 is 4.75. The molecule has 1 aromatic carbocycles. The van der Waals surface area contributed by atoms with Gasteiger partial charge in [0.1, 0.15) is 6.04 Å². The van der Waals surface area contributed by atoms with Crippen molar-refractivity contribution in [3.63, 3.8) is 0 Å². The number of carbonyl (C=O) groups excluding carboxylic acids is 2. The summed E-state index contributed by atoms with van der Waals surface area (Å²) in [5.41, 5.74) is -0.326. The Morgan fingerprint density at radius 3 is 2.58 bits per heavy atom. The van der Waals surface area contributed by atoms with E-state index in [1.165, 1.54) is 25.1 Å². The van der Waals surface area contributed by atoms with Crippen LogP contribution in [0.25, 0.3) is 0 Å². The highest BCUT2D eigenvalue weighted by Crippen LogP contribution is 2.15. The van der Waals surface area contributed by atoms with Crippen LogP contribution in [0.3, 0.4) is 0 Å². The Morgan fingerprint density at radius 2 is 2.04 bits per heavy atom. The zero-order valence-electron chi connectivity index (χ0n) is 13.2. The molecule has 0 saturated carbocycles. The van der Waals surface area contributed by atoms with E-state index < -0.39 is 34.7 Å². The van der Waals surface area contributed by atoms with E-state index in [1.807, 2.05) is 0 Å². The lowest BCUT2D eigenvalue weighted by atomic mass is 9.98. The second kappa shape index (κ2) is 8.61. The van der Waals surface area contributed by atoms with Gasteiger partial charge in [0.05, 0.1) is 18.0 Å². The quantitative estimate of drug-likeness (QED) is 0.415.